The Labute approximate surface area is 166 Å². The van der Waals surface area contributed by atoms with Gasteiger partial charge >= 0.3 is 5.97 Å². The maximum Gasteiger partial charge on any atom is 0.313 e. The van der Waals surface area contributed by atoms with Crippen LogP contribution in [0, 0.1) is 17.8 Å². The standard InChI is InChI=1S/C20H33ClO4S/c21-17-12-19(23)16(9-10-18(22)14-6-2-1-3-7-14)15(17)8-4-5-11-26-13-20(24)25/h9-10,14-19,22-23H,1-8,11-13H2,(H,24,25)/b10-9+/t15-,16-,17-,18-,19-/m1/s1. The van der Waals surface area contributed by atoms with Gasteiger partial charge in [0.15, 0.2) is 0 Å². The van der Waals surface area contributed by atoms with Crippen molar-refractivity contribution in [2.45, 2.75) is 75.4 Å². The molecular formula is C20H33ClO4S. The van der Waals surface area contributed by atoms with E-state index in [1.54, 1.807) is 0 Å². The van der Waals surface area contributed by atoms with E-state index in [1.165, 1.54) is 31.0 Å². The van der Waals surface area contributed by atoms with Gasteiger partial charge < -0.3 is 15.3 Å². The van der Waals surface area contributed by atoms with Gasteiger partial charge in [-0.15, -0.1) is 11.6 Å². The summed E-state index contributed by atoms with van der Waals surface area (Å²) in [5.41, 5.74) is 0. The number of thioether (sulfide) groups is 1. The van der Waals surface area contributed by atoms with Crippen molar-refractivity contribution >= 4 is 29.3 Å². The summed E-state index contributed by atoms with van der Waals surface area (Å²) in [6.45, 7) is 0. The SMILES string of the molecule is O=C(O)CSCCCC[C@@H]1[C@@H](/C=C/[C@@H](O)C2CCCCC2)[C@H](O)C[C@H]1Cl. The van der Waals surface area contributed by atoms with E-state index in [4.69, 9.17) is 16.7 Å². The van der Waals surface area contributed by atoms with Gasteiger partial charge in [-0.1, -0.05) is 37.8 Å². The third-order valence-corrected chi connectivity index (χ3v) is 7.37. The quantitative estimate of drug-likeness (QED) is 0.290. The Morgan fingerprint density at radius 3 is 2.65 bits per heavy atom. The second-order valence-corrected chi connectivity index (χ2v) is 9.44. The maximum absolute atomic E-state index is 10.5. The van der Waals surface area contributed by atoms with Crippen LogP contribution in [0.25, 0.3) is 0 Å². The minimum absolute atomic E-state index is 0.0161. The van der Waals surface area contributed by atoms with Crippen molar-refractivity contribution in [3.05, 3.63) is 12.2 Å². The lowest BCUT2D eigenvalue weighted by Crippen LogP contribution is -2.23. The van der Waals surface area contributed by atoms with E-state index in [1.807, 2.05) is 12.2 Å². The summed E-state index contributed by atoms with van der Waals surface area (Å²) < 4.78 is 0. The molecular weight excluding hydrogens is 372 g/mol. The van der Waals surface area contributed by atoms with E-state index in [-0.39, 0.29) is 23.0 Å². The molecule has 6 heteroatoms. The molecule has 2 saturated carbocycles. The molecule has 2 rings (SSSR count). The van der Waals surface area contributed by atoms with E-state index in [0.29, 0.717) is 12.3 Å². The van der Waals surface area contributed by atoms with Crippen molar-refractivity contribution in [2.75, 3.05) is 11.5 Å². The molecule has 3 N–H and O–H groups in total. The lowest BCUT2D eigenvalue weighted by atomic mass is 9.84. The molecule has 0 radical (unpaired) electrons. The lowest BCUT2D eigenvalue weighted by Gasteiger charge is -2.25. The van der Waals surface area contributed by atoms with Crippen LogP contribution in [0.5, 0.6) is 0 Å². The highest BCUT2D eigenvalue weighted by Crippen LogP contribution is 2.40. The summed E-state index contributed by atoms with van der Waals surface area (Å²) in [5, 5.41) is 29.4. The van der Waals surface area contributed by atoms with E-state index in [0.717, 1.165) is 37.9 Å². The highest BCUT2D eigenvalue weighted by molar-refractivity contribution is 7.99. The number of unbranched alkanes of at least 4 members (excludes halogenated alkanes) is 1. The maximum atomic E-state index is 10.5. The van der Waals surface area contributed by atoms with Crippen LogP contribution in [-0.2, 0) is 4.79 Å². The molecule has 0 heterocycles. The Bertz CT molecular complexity index is 453. The zero-order valence-corrected chi connectivity index (χ0v) is 17.0. The number of aliphatic hydroxyl groups excluding tert-OH is 2. The van der Waals surface area contributed by atoms with Crippen molar-refractivity contribution in [1.82, 2.24) is 0 Å². The van der Waals surface area contributed by atoms with Crippen LogP contribution in [0.15, 0.2) is 12.2 Å². The molecule has 5 atom stereocenters. The largest absolute Gasteiger partial charge is 0.481 e. The van der Waals surface area contributed by atoms with Gasteiger partial charge in [0.1, 0.15) is 0 Å². The number of halogens is 1. The third kappa shape index (κ3) is 7.06. The van der Waals surface area contributed by atoms with Gasteiger partial charge in [-0.3, -0.25) is 4.79 Å². The topological polar surface area (TPSA) is 77.8 Å². The Kier molecular flexibility index (Phi) is 9.82. The average molecular weight is 405 g/mol. The van der Waals surface area contributed by atoms with Gasteiger partial charge in [0.2, 0.25) is 0 Å². The first-order chi connectivity index (χ1) is 12.5. The molecule has 0 aromatic carbocycles. The lowest BCUT2D eigenvalue weighted by molar-refractivity contribution is -0.133. The number of aliphatic carboxylic acids is 1. The van der Waals surface area contributed by atoms with Crippen LogP contribution < -0.4 is 0 Å². The van der Waals surface area contributed by atoms with E-state index in [9.17, 15) is 15.0 Å². The number of hydrogen-bond donors (Lipinski definition) is 3. The molecule has 2 aliphatic rings. The number of carbonyl (C=O) groups is 1. The van der Waals surface area contributed by atoms with Gasteiger partial charge in [-0.25, -0.2) is 0 Å². The van der Waals surface area contributed by atoms with Gasteiger partial charge in [-0.2, -0.15) is 11.8 Å². The number of rotatable bonds is 10. The number of carboxylic acid groups (broad SMARTS) is 1. The molecule has 0 bridgehead atoms. The molecule has 2 aliphatic carbocycles. The molecule has 2 fully saturated rings. The molecule has 150 valence electrons. The Balaban J connectivity index is 1.78. The normalized spacial score (nSPS) is 31.5. The van der Waals surface area contributed by atoms with Crippen molar-refractivity contribution in [3.63, 3.8) is 0 Å². The molecule has 0 spiro atoms. The summed E-state index contributed by atoms with van der Waals surface area (Å²) in [6, 6.07) is 0. The summed E-state index contributed by atoms with van der Waals surface area (Å²) >= 11 is 7.92. The van der Waals surface area contributed by atoms with Crippen molar-refractivity contribution in [2.24, 2.45) is 17.8 Å². The first-order valence-electron chi connectivity index (χ1n) is 9.97. The molecule has 4 nitrogen and oxygen atoms in total. The highest BCUT2D eigenvalue weighted by Gasteiger charge is 2.39. The first-order valence-corrected chi connectivity index (χ1v) is 11.6. The van der Waals surface area contributed by atoms with Crippen LogP contribution in [-0.4, -0.2) is 50.4 Å². The number of alkyl halides is 1. The number of hydrogen-bond acceptors (Lipinski definition) is 4. The van der Waals surface area contributed by atoms with Crippen LogP contribution in [0.1, 0.15) is 57.8 Å². The summed E-state index contributed by atoms with van der Waals surface area (Å²) in [6.07, 6.45) is 12.4. The molecule has 0 saturated heterocycles. The van der Waals surface area contributed by atoms with Crippen molar-refractivity contribution in [3.8, 4) is 0 Å². The van der Waals surface area contributed by atoms with E-state index in [2.05, 4.69) is 0 Å². The second kappa shape index (κ2) is 11.6. The molecule has 0 unspecified atom stereocenters. The van der Waals surface area contributed by atoms with Gasteiger partial charge in [0, 0.05) is 11.3 Å². The number of aliphatic hydroxyl groups is 2. The summed E-state index contributed by atoms with van der Waals surface area (Å²) in [7, 11) is 0. The second-order valence-electron chi connectivity index (χ2n) is 7.78. The molecule has 26 heavy (non-hydrogen) atoms. The predicted molar refractivity (Wildman–Crippen MR) is 108 cm³/mol. The first kappa shape index (κ1) is 22.1. The van der Waals surface area contributed by atoms with Crippen LogP contribution in [0.4, 0.5) is 0 Å². The fraction of sp³-hybridized carbons (Fsp3) is 0.850. The Morgan fingerprint density at radius 2 is 1.96 bits per heavy atom. The predicted octanol–water partition coefficient (Wildman–Crippen LogP) is 4.08. The monoisotopic (exact) mass is 404 g/mol. The van der Waals surface area contributed by atoms with Crippen LogP contribution in [0.3, 0.4) is 0 Å². The zero-order valence-electron chi connectivity index (χ0n) is 15.4. The smallest absolute Gasteiger partial charge is 0.313 e. The summed E-state index contributed by atoms with van der Waals surface area (Å²) in [5.74, 6) is 0.833. The highest BCUT2D eigenvalue weighted by atomic mass is 35.5. The average Bonchev–Trinajstić information content (AvgIpc) is 2.89. The van der Waals surface area contributed by atoms with Gasteiger partial charge in [0.05, 0.1) is 18.0 Å². The number of carboxylic acids is 1. The molecule has 0 amide bonds. The van der Waals surface area contributed by atoms with E-state index >= 15 is 0 Å². The Morgan fingerprint density at radius 1 is 1.23 bits per heavy atom. The third-order valence-electron chi connectivity index (χ3n) is 5.83. The minimum Gasteiger partial charge on any atom is -0.481 e. The molecule has 0 aliphatic heterocycles. The minimum atomic E-state index is -0.767. The van der Waals surface area contributed by atoms with Crippen LogP contribution in [0.2, 0.25) is 0 Å². The van der Waals surface area contributed by atoms with Gasteiger partial charge in [-0.05, 0) is 49.7 Å². The zero-order chi connectivity index (χ0) is 18.9. The van der Waals surface area contributed by atoms with E-state index < -0.39 is 18.2 Å². The molecule has 0 aromatic rings. The van der Waals surface area contributed by atoms with Crippen molar-refractivity contribution < 1.29 is 20.1 Å². The van der Waals surface area contributed by atoms with Crippen LogP contribution >= 0.6 is 23.4 Å². The Hall–Kier alpha value is -0.230. The fourth-order valence-corrected chi connectivity index (χ4v) is 5.56. The molecule has 0 aromatic heterocycles. The fourth-order valence-electron chi connectivity index (χ4n) is 4.35. The van der Waals surface area contributed by atoms with Crippen molar-refractivity contribution in [1.29, 1.82) is 0 Å². The summed E-state index contributed by atoms with van der Waals surface area (Å²) in [4.78, 5) is 10.5. The van der Waals surface area contributed by atoms with Gasteiger partial charge in [0.25, 0.3) is 0 Å².